The summed E-state index contributed by atoms with van der Waals surface area (Å²) in [6, 6.07) is 1.91. The summed E-state index contributed by atoms with van der Waals surface area (Å²) in [7, 11) is 0. The van der Waals surface area contributed by atoms with Crippen LogP contribution >= 0.6 is 0 Å². The van der Waals surface area contributed by atoms with Gasteiger partial charge in [0.2, 0.25) is 5.91 Å². The van der Waals surface area contributed by atoms with Crippen LogP contribution in [0.3, 0.4) is 0 Å². The SMILES string of the molecule is Cc1cc(CNC(=O)CC(O)C(C)C)c(C)o1. The summed E-state index contributed by atoms with van der Waals surface area (Å²) in [5.41, 5.74) is 0.981. The van der Waals surface area contributed by atoms with Crippen LogP contribution in [0.25, 0.3) is 0 Å². The van der Waals surface area contributed by atoms with Gasteiger partial charge < -0.3 is 14.8 Å². The van der Waals surface area contributed by atoms with Crippen molar-refractivity contribution >= 4 is 5.91 Å². The molecule has 4 heteroatoms. The Kier molecular flexibility index (Phi) is 4.75. The van der Waals surface area contributed by atoms with E-state index in [2.05, 4.69) is 5.32 Å². The van der Waals surface area contributed by atoms with Crippen molar-refractivity contribution in [2.24, 2.45) is 5.92 Å². The zero-order chi connectivity index (χ0) is 13.0. The number of rotatable bonds is 5. The molecule has 1 atom stereocenters. The third-order valence-corrected chi connectivity index (χ3v) is 2.78. The van der Waals surface area contributed by atoms with Gasteiger partial charge in [-0.15, -0.1) is 0 Å². The Bertz CT molecular complexity index is 382. The predicted octanol–water partition coefficient (Wildman–Crippen LogP) is 1.92. The largest absolute Gasteiger partial charge is 0.466 e. The van der Waals surface area contributed by atoms with E-state index in [9.17, 15) is 9.90 Å². The minimum Gasteiger partial charge on any atom is -0.466 e. The first-order chi connectivity index (χ1) is 7.90. The van der Waals surface area contributed by atoms with Gasteiger partial charge in [0.05, 0.1) is 12.5 Å². The van der Waals surface area contributed by atoms with E-state index < -0.39 is 6.10 Å². The lowest BCUT2D eigenvalue weighted by Crippen LogP contribution is -2.29. The molecule has 1 unspecified atom stereocenters. The van der Waals surface area contributed by atoms with Crippen LogP contribution in [0.2, 0.25) is 0 Å². The van der Waals surface area contributed by atoms with Crippen LogP contribution in [0.5, 0.6) is 0 Å². The number of aliphatic hydroxyl groups is 1. The minimum absolute atomic E-state index is 0.0960. The van der Waals surface area contributed by atoms with Crippen molar-refractivity contribution in [2.75, 3.05) is 0 Å². The van der Waals surface area contributed by atoms with Crippen LogP contribution in [0.15, 0.2) is 10.5 Å². The van der Waals surface area contributed by atoms with Crippen LogP contribution < -0.4 is 5.32 Å². The van der Waals surface area contributed by atoms with Gasteiger partial charge >= 0.3 is 0 Å². The van der Waals surface area contributed by atoms with Crippen LogP contribution in [-0.4, -0.2) is 17.1 Å². The molecule has 0 aliphatic carbocycles. The third kappa shape index (κ3) is 4.23. The molecule has 1 aromatic heterocycles. The van der Waals surface area contributed by atoms with Gasteiger partial charge in [0.25, 0.3) is 0 Å². The molecule has 0 saturated heterocycles. The number of carbonyl (C=O) groups is 1. The van der Waals surface area contributed by atoms with Crippen molar-refractivity contribution in [2.45, 2.75) is 46.8 Å². The summed E-state index contributed by atoms with van der Waals surface area (Å²) in [5, 5.41) is 12.4. The Morgan fingerprint density at radius 3 is 2.59 bits per heavy atom. The van der Waals surface area contributed by atoms with E-state index in [0.29, 0.717) is 6.54 Å². The Hall–Kier alpha value is -1.29. The lowest BCUT2D eigenvalue weighted by Gasteiger charge is -2.13. The first kappa shape index (κ1) is 13.8. The van der Waals surface area contributed by atoms with Crippen LogP contribution in [0.4, 0.5) is 0 Å². The quantitative estimate of drug-likeness (QED) is 0.825. The maximum atomic E-state index is 11.5. The molecule has 96 valence electrons. The Balaban J connectivity index is 2.41. The zero-order valence-corrected chi connectivity index (χ0v) is 10.9. The van der Waals surface area contributed by atoms with Gasteiger partial charge in [-0.3, -0.25) is 4.79 Å². The number of hydrogen-bond acceptors (Lipinski definition) is 3. The van der Waals surface area contributed by atoms with Crippen molar-refractivity contribution in [1.82, 2.24) is 5.32 Å². The normalized spacial score (nSPS) is 12.8. The van der Waals surface area contributed by atoms with Crippen molar-refractivity contribution in [3.63, 3.8) is 0 Å². The number of hydrogen-bond donors (Lipinski definition) is 2. The molecule has 17 heavy (non-hydrogen) atoms. The van der Waals surface area contributed by atoms with Gasteiger partial charge in [0.1, 0.15) is 11.5 Å². The summed E-state index contributed by atoms with van der Waals surface area (Å²) in [4.78, 5) is 11.5. The molecule has 0 aliphatic heterocycles. The molecule has 2 N–H and O–H groups in total. The third-order valence-electron chi connectivity index (χ3n) is 2.78. The highest BCUT2D eigenvalue weighted by atomic mass is 16.3. The molecule has 0 spiro atoms. The van der Waals surface area contributed by atoms with Crippen LogP contribution in [0, 0.1) is 19.8 Å². The molecule has 0 aromatic carbocycles. The Morgan fingerprint density at radius 1 is 1.47 bits per heavy atom. The minimum atomic E-state index is -0.581. The fraction of sp³-hybridized carbons (Fsp3) is 0.615. The molecule has 4 nitrogen and oxygen atoms in total. The van der Waals surface area contributed by atoms with Crippen LogP contribution in [0.1, 0.15) is 37.4 Å². The van der Waals surface area contributed by atoms with Gasteiger partial charge in [-0.25, -0.2) is 0 Å². The molecule has 1 aromatic rings. The summed E-state index contributed by atoms with van der Waals surface area (Å²) in [6.45, 7) is 7.98. The van der Waals surface area contributed by atoms with Gasteiger partial charge in [-0.1, -0.05) is 13.8 Å². The zero-order valence-electron chi connectivity index (χ0n) is 10.9. The van der Waals surface area contributed by atoms with Gasteiger partial charge in [0, 0.05) is 12.1 Å². The highest BCUT2D eigenvalue weighted by molar-refractivity contribution is 5.76. The number of amides is 1. The number of aliphatic hydroxyl groups excluding tert-OH is 1. The first-order valence-electron chi connectivity index (χ1n) is 5.90. The Labute approximate surface area is 102 Å². The summed E-state index contributed by atoms with van der Waals surface area (Å²) < 4.78 is 5.37. The lowest BCUT2D eigenvalue weighted by molar-refractivity contribution is -0.123. The molecule has 1 rings (SSSR count). The second-order valence-corrected chi connectivity index (χ2v) is 4.73. The predicted molar refractivity (Wildman–Crippen MR) is 65.5 cm³/mol. The van der Waals surface area contributed by atoms with Crippen molar-refractivity contribution < 1.29 is 14.3 Å². The van der Waals surface area contributed by atoms with E-state index in [0.717, 1.165) is 17.1 Å². The highest BCUT2D eigenvalue weighted by Gasteiger charge is 2.14. The van der Waals surface area contributed by atoms with Gasteiger partial charge in [0.15, 0.2) is 0 Å². The number of furan rings is 1. The van der Waals surface area contributed by atoms with E-state index in [-0.39, 0.29) is 18.2 Å². The number of carbonyl (C=O) groups excluding carboxylic acids is 1. The van der Waals surface area contributed by atoms with Crippen molar-refractivity contribution in [1.29, 1.82) is 0 Å². The average molecular weight is 239 g/mol. The fourth-order valence-corrected chi connectivity index (χ4v) is 1.55. The van der Waals surface area contributed by atoms with Crippen molar-refractivity contribution in [3.05, 3.63) is 23.2 Å². The van der Waals surface area contributed by atoms with E-state index in [1.807, 2.05) is 33.8 Å². The van der Waals surface area contributed by atoms with E-state index >= 15 is 0 Å². The van der Waals surface area contributed by atoms with Crippen molar-refractivity contribution in [3.8, 4) is 0 Å². The topological polar surface area (TPSA) is 62.5 Å². The highest BCUT2D eigenvalue weighted by Crippen LogP contribution is 2.13. The number of nitrogens with one attached hydrogen (secondary N) is 1. The Morgan fingerprint density at radius 2 is 2.12 bits per heavy atom. The molecular weight excluding hydrogens is 218 g/mol. The maximum absolute atomic E-state index is 11.5. The van der Waals surface area contributed by atoms with Gasteiger partial charge in [-0.2, -0.15) is 0 Å². The standard InChI is InChI=1S/C13H21NO3/c1-8(2)12(15)6-13(16)14-7-11-5-9(3)17-10(11)4/h5,8,12,15H,6-7H2,1-4H3,(H,14,16). The summed E-state index contributed by atoms with van der Waals surface area (Å²) in [5.74, 6) is 1.63. The first-order valence-corrected chi connectivity index (χ1v) is 5.90. The summed E-state index contributed by atoms with van der Waals surface area (Å²) >= 11 is 0. The monoisotopic (exact) mass is 239 g/mol. The molecule has 1 heterocycles. The molecule has 0 bridgehead atoms. The second-order valence-electron chi connectivity index (χ2n) is 4.73. The van der Waals surface area contributed by atoms with E-state index in [1.54, 1.807) is 0 Å². The molecule has 0 fully saturated rings. The average Bonchev–Trinajstić information content (AvgIpc) is 2.54. The maximum Gasteiger partial charge on any atom is 0.222 e. The van der Waals surface area contributed by atoms with Gasteiger partial charge in [-0.05, 0) is 25.8 Å². The fourth-order valence-electron chi connectivity index (χ4n) is 1.55. The molecular formula is C13H21NO3. The number of aryl methyl sites for hydroxylation is 2. The molecule has 0 radical (unpaired) electrons. The summed E-state index contributed by atoms with van der Waals surface area (Å²) in [6.07, 6.45) is -0.435. The lowest BCUT2D eigenvalue weighted by atomic mass is 10.0. The molecule has 0 aliphatic rings. The smallest absolute Gasteiger partial charge is 0.222 e. The van der Waals surface area contributed by atoms with E-state index in [1.165, 1.54) is 0 Å². The molecule has 0 saturated carbocycles. The second kappa shape index (κ2) is 5.87. The molecule has 1 amide bonds. The van der Waals surface area contributed by atoms with E-state index in [4.69, 9.17) is 4.42 Å². The van der Waals surface area contributed by atoms with Crippen LogP contribution in [-0.2, 0) is 11.3 Å².